The van der Waals surface area contributed by atoms with E-state index in [-0.39, 0.29) is 5.56 Å². The zero-order valence-corrected chi connectivity index (χ0v) is 11.5. The molecule has 0 unspecified atom stereocenters. The fourth-order valence-corrected chi connectivity index (χ4v) is 2.15. The number of carbonyl (C=O) groups is 1. The lowest BCUT2D eigenvalue weighted by atomic mass is 10.1. The first kappa shape index (κ1) is 13.1. The number of methoxy groups -OCH3 is 1. The number of rotatable bonds is 3. The molecule has 0 saturated heterocycles. The van der Waals surface area contributed by atoms with Crippen LogP contribution in [0.1, 0.15) is 15.9 Å². The van der Waals surface area contributed by atoms with Gasteiger partial charge in [0.25, 0.3) is 0 Å². The molecule has 0 aliphatic heterocycles. The molecule has 6 heteroatoms. The largest absolute Gasteiger partial charge is 0.496 e. The molecule has 0 saturated carbocycles. The number of nitrogens with one attached hydrogen (secondary N) is 1. The number of ether oxygens (including phenoxy) is 1. The van der Waals surface area contributed by atoms with Gasteiger partial charge in [-0.15, -0.1) is 0 Å². The molecule has 3 aromatic rings. The van der Waals surface area contributed by atoms with E-state index in [4.69, 9.17) is 9.84 Å². The molecule has 0 fully saturated rings. The van der Waals surface area contributed by atoms with Crippen LogP contribution in [0.15, 0.2) is 30.5 Å². The second kappa shape index (κ2) is 4.90. The highest BCUT2D eigenvalue weighted by Gasteiger charge is 2.13. The van der Waals surface area contributed by atoms with Gasteiger partial charge in [-0.2, -0.15) is 0 Å². The van der Waals surface area contributed by atoms with E-state index in [9.17, 15) is 4.79 Å². The van der Waals surface area contributed by atoms with Gasteiger partial charge >= 0.3 is 5.97 Å². The van der Waals surface area contributed by atoms with Crippen molar-refractivity contribution in [2.24, 2.45) is 0 Å². The zero-order valence-electron chi connectivity index (χ0n) is 11.5. The minimum atomic E-state index is -1.02. The Hall–Kier alpha value is -2.89. The first-order chi connectivity index (χ1) is 10.1. The van der Waals surface area contributed by atoms with Crippen LogP contribution in [-0.4, -0.2) is 33.1 Å². The number of aromatic nitrogens is 3. The summed E-state index contributed by atoms with van der Waals surface area (Å²) in [5.74, 6) is 0.271. The number of carboxylic acids is 1. The van der Waals surface area contributed by atoms with Gasteiger partial charge in [-0.1, -0.05) is 11.6 Å². The fraction of sp³-hybridized carbons (Fsp3) is 0.133. The minimum absolute atomic E-state index is 0.119. The summed E-state index contributed by atoms with van der Waals surface area (Å²) in [6.07, 6.45) is 1.29. The normalized spacial score (nSPS) is 10.8. The molecule has 21 heavy (non-hydrogen) atoms. The number of aromatic amines is 1. The molecule has 0 amide bonds. The van der Waals surface area contributed by atoms with Crippen LogP contribution >= 0.6 is 0 Å². The van der Waals surface area contributed by atoms with Crippen molar-refractivity contribution in [1.29, 1.82) is 0 Å². The molecule has 0 atom stereocenters. The van der Waals surface area contributed by atoms with Crippen LogP contribution in [0.5, 0.6) is 5.75 Å². The molecule has 2 N–H and O–H groups in total. The Bertz CT molecular complexity index is 839. The van der Waals surface area contributed by atoms with Crippen molar-refractivity contribution in [2.45, 2.75) is 6.92 Å². The summed E-state index contributed by atoms with van der Waals surface area (Å²) < 4.78 is 5.34. The lowest BCUT2D eigenvalue weighted by molar-refractivity contribution is 0.0696. The summed E-state index contributed by atoms with van der Waals surface area (Å²) in [7, 11) is 1.59. The van der Waals surface area contributed by atoms with E-state index in [1.807, 2.05) is 25.1 Å². The van der Waals surface area contributed by atoms with Gasteiger partial charge in [0.05, 0.1) is 23.8 Å². The maximum atomic E-state index is 11.0. The number of hydrogen-bond donors (Lipinski definition) is 2. The van der Waals surface area contributed by atoms with Crippen LogP contribution in [0.3, 0.4) is 0 Å². The van der Waals surface area contributed by atoms with Crippen molar-refractivity contribution < 1.29 is 14.6 Å². The van der Waals surface area contributed by atoms with Crippen LogP contribution in [0.4, 0.5) is 0 Å². The van der Waals surface area contributed by atoms with Crippen molar-refractivity contribution >= 4 is 17.1 Å². The van der Waals surface area contributed by atoms with E-state index < -0.39 is 5.97 Å². The number of aromatic carboxylic acids is 1. The fourth-order valence-electron chi connectivity index (χ4n) is 2.15. The van der Waals surface area contributed by atoms with Crippen LogP contribution < -0.4 is 4.74 Å². The van der Waals surface area contributed by atoms with Gasteiger partial charge in [-0.25, -0.2) is 14.8 Å². The predicted molar refractivity (Wildman–Crippen MR) is 77.6 cm³/mol. The van der Waals surface area contributed by atoms with Gasteiger partial charge in [-0.3, -0.25) is 0 Å². The molecule has 1 aromatic carbocycles. The van der Waals surface area contributed by atoms with Gasteiger partial charge in [0.1, 0.15) is 11.6 Å². The Labute approximate surface area is 120 Å². The molecule has 0 aliphatic carbocycles. The quantitative estimate of drug-likeness (QED) is 0.771. The molecular formula is C15H13N3O3. The van der Waals surface area contributed by atoms with E-state index in [0.717, 1.165) is 11.1 Å². The maximum absolute atomic E-state index is 11.0. The zero-order chi connectivity index (χ0) is 15.0. The number of pyridine rings is 1. The van der Waals surface area contributed by atoms with Crippen molar-refractivity contribution in [2.75, 3.05) is 7.11 Å². The lowest BCUT2D eigenvalue weighted by Gasteiger charge is -2.06. The van der Waals surface area contributed by atoms with E-state index in [0.29, 0.717) is 22.7 Å². The van der Waals surface area contributed by atoms with E-state index in [1.54, 1.807) is 7.11 Å². The second-order valence-corrected chi connectivity index (χ2v) is 4.69. The SMILES string of the molecule is COc1ccc(C)cc1-c1nc2ncc(C(=O)O)cc2[nH]1. The first-order valence-electron chi connectivity index (χ1n) is 6.32. The summed E-state index contributed by atoms with van der Waals surface area (Å²) >= 11 is 0. The van der Waals surface area contributed by atoms with Crippen molar-refractivity contribution in [1.82, 2.24) is 15.0 Å². The average molecular weight is 283 g/mol. The molecule has 2 heterocycles. The van der Waals surface area contributed by atoms with Gasteiger partial charge in [0, 0.05) is 6.20 Å². The van der Waals surface area contributed by atoms with E-state index in [2.05, 4.69) is 15.0 Å². The molecule has 0 aliphatic rings. The highest BCUT2D eigenvalue weighted by atomic mass is 16.5. The Morgan fingerprint density at radius 1 is 1.33 bits per heavy atom. The van der Waals surface area contributed by atoms with Gasteiger partial charge in [0.2, 0.25) is 0 Å². The maximum Gasteiger partial charge on any atom is 0.337 e. The minimum Gasteiger partial charge on any atom is -0.496 e. The Kier molecular flexibility index (Phi) is 3.06. The van der Waals surface area contributed by atoms with E-state index in [1.165, 1.54) is 12.3 Å². The molecule has 2 aromatic heterocycles. The molecule has 0 bridgehead atoms. The van der Waals surface area contributed by atoms with Crippen LogP contribution in [-0.2, 0) is 0 Å². The van der Waals surface area contributed by atoms with Crippen molar-refractivity contribution in [3.63, 3.8) is 0 Å². The summed E-state index contributed by atoms with van der Waals surface area (Å²) in [5.41, 5.74) is 3.05. The van der Waals surface area contributed by atoms with E-state index >= 15 is 0 Å². The van der Waals surface area contributed by atoms with Crippen LogP contribution in [0.2, 0.25) is 0 Å². The summed E-state index contributed by atoms with van der Waals surface area (Å²) in [4.78, 5) is 22.5. The van der Waals surface area contributed by atoms with Gasteiger partial charge in [0.15, 0.2) is 5.65 Å². The first-order valence-corrected chi connectivity index (χ1v) is 6.32. The number of H-pyrrole nitrogens is 1. The molecule has 6 nitrogen and oxygen atoms in total. The molecule has 106 valence electrons. The average Bonchev–Trinajstić information content (AvgIpc) is 2.89. The topological polar surface area (TPSA) is 88.1 Å². The molecule has 3 rings (SSSR count). The third-order valence-electron chi connectivity index (χ3n) is 3.19. The number of benzene rings is 1. The van der Waals surface area contributed by atoms with Crippen LogP contribution in [0, 0.1) is 6.92 Å². The highest BCUT2D eigenvalue weighted by molar-refractivity contribution is 5.91. The highest BCUT2D eigenvalue weighted by Crippen LogP contribution is 2.30. The second-order valence-electron chi connectivity index (χ2n) is 4.69. The van der Waals surface area contributed by atoms with Crippen LogP contribution in [0.25, 0.3) is 22.6 Å². The summed E-state index contributed by atoms with van der Waals surface area (Å²) in [6.45, 7) is 1.98. The number of carboxylic acid groups (broad SMARTS) is 1. The summed E-state index contributed by atoms with van der Waals surface area (Å²) in [5, 5.41) is 8.99. The van der Waals surface area contributed by atoms with Crippen molar-refractivity contribution in [3.8, 4) is 17.1 Å². The lowest BCUT2D eigenvalue weighted by Crippen LogP contribution is -1.96. The number of fused-ring (bicyclic) bond motifs is 1. The number of nitrogens with zero attached hydrogens (tertiary/aromatic N) is 2. The Morgan fingerprint density at radius 2 is 2.14 bits per heavy atom. The number of hydrogen-bond acceptors (Lipinski definition) is 4. The molecule has 0 spiro atoms. The standard InChI is InChI=1S/C15H13N3O3/c1-8-3-4-12(21-2)10(5-8)13-17-11-6-9(15(19)20)7-16-14(11)18-13/h3-7H,1-2H3,(H,19,20)(H,16,17,18). The third-order valence-corrected chi connectivity index (χ3v) is 3.19. The number of imidazole rings is 1. The Balaban J connectivity index is 2.17. The smallest absolute Gasteiger partial charge is 0.337 e. The number of aryl methyl sites for hydroxylation is 1. The Morgan fingerprint density at radius 3 is 2.86 bits per heavy atom. The monoisotopic (exact) mass is 283 g/mol. The predicted octanol–water partition coefficient (Wildman–Crippen LogP) is 2.64. The molecular weight excluding hydrogens is 270 g/mol. The van der Waals surface area contributed by atoms with Gasteiger partial charge < -0.3 is 14.8 Å². The van der Waals surface area contributed by atoms with Crippen molar-refractivity contribution in [3.05, 3.63) is 41.6 Å². The third kappa shape index (κ3) is 2.31. The summed E-state index contributed by atoms with van der Waals surface area (Å²) in [6, 6.07) is 7.29. The molecule has 0 radical (unpaired) electrons. The van der Waals surface area contributed by atoms with Gasteiger partial charge in [-0.05, 0) is 25.1 Å².